The number of rotatable bonds is 5. The SMILES string of the molecule is CC(NC(=O)Cc1ccc(C(=O)O)cc1)C1CCCC1. The predicted molar refractivity (Wildman–Crippen MR) is 76.7 cm³/mol. The van der Waals surface area contributed by atoms with Crippen molar-refractivity contribution in [1.82, 2.24) is 5.32 Å². The minimum Gasteiger partial charge on any atom is -0.478 e. The molecule has 1 fully saturated rings. The fraction of sp³-hybridized carbons (Fsp3) is 0.500. The Morgan fingerprint density at radius 3 is 2.40 bits per heavy atom. The maximum Gasteiger partial charge on any atom is 0.335 e. The fourth-order valence-electron chi connectivity index (χ4n) is 2.83. The molecule has 2 rings (SSSR count). The molecule has 2 N–H and O–H groups in total. The Hall–Kier alpha value is -1.84. The van der Waals surface area contributed by atoms with E-state index in [-0.39, 0.29) is 17.5 Å². The van der Waals surface area contributed by atoms with E-state index in [0.717, 1.165) is 5.56 Å². The molecule has 1 aliphatic carbocycles. The van der Waals surface area contributed by atoms with Gasteiger partial charge in [0, 0.05) is 6.04 Å². The molecule has 0 aromatic heterocycles. The zero-order valence-corrected chi connectivity index (χ0v) is 11.8. The first kappa shape index (κ1) is 14.6. The number of carboxylic acids is 1. The number of carbonyl (C=O) groups is 2. The molecule has 1 amide bonds. The third-order valence-electron chi connectivity index (χ3n) is 4.06. The van der Waals surface area contributed by atoms with Gasteiger partial charge in [0.25, 0.3) is 0 Å². The molecule has 1 unspecified atom stereocenters. The van der Waals surface area contributed by atoms with E-state index in [1.165, 1.54) is 37.8 Å². The highest BCUT2D eigenvalue weighted by Gasteiger charge is 2.22. The van der Waals surface area contributed by atoms with Gasteiger partial charge >= 0.3 is 5.97 Å². The van der Waals surface area contributed by atoms with E-state index in [1.807, 2.05) is 0 Å². The summed E-state index contributed by atoms with van der Waals surface area (Å²) in [6.07, 6.45) is 5.24. The summed E-state index contributed by atoms with van der Waals surface area (Å²) in [6.45, 7) is 2.07. The maximum atomic E-state index is 12.0. The van der Waals surface area contributed by atoms with Crippen molar-refractivity contribution in [3.8, 4) is 0 Å². The van der Waals surface area contributed by atoms with Crippen molar-refractivity contribution < 1.29 is 14.7 Å². The van der Waals surface area contributed by atoms with Gasteiger partial charge in [-0.25, -0.2) is 4.79 Å². The average Bonchev–Trinajstić information content (AvgIpc) is 2.93. The number of carbonyl (C=O) groups excluding carboxylic acids is 1. The molecule has 1 aromatic rings. The van der Waals surface area contributed by atoms with Crippen LogP contribution in [-0.2, 0) is 11.2 Å². The topological polar surface area (TPSA) is 66.4 Å². The zero-order chi connectivity index (χ0) is 14.5. The van der Waals surface area contributed by atoms with Crippen molar-refractivity contribution in [3.05, 3.63) is 35.4 Å². The van der Waals surface area contributed by atoms with E-state index in [0.29, 0.717) is 12.3 Å². The summed E-state index contributed by atoms with van der Waals surface area (Å²) in [5.41, 5.74) is 1.08. The molecule has 0 spiro atoms. The van der Waals surface area contributed by atoms with Crippen LogP contribution in [0.5, 0.6) is 0 Å². The first-order chi connectivity index (χ1) is 9.56. The third-order valence-corrected chi connectivity index (χ3v) is 4.06. The van der Waals surface area contributed by atoms with Gasteiger partial charge in [-0.2, -0.15) is 0 Å². The van der Waals surface area contributed by atoms with Crippen LogP contribution in [0.4, 0.5) is 0 Å². The highest BCUT2D eigenvalue weighted by Crippen LogP contribution is 2.27. The van der Waals surface area contributed by atoms with E-state index >= 15 is 0 Å². The molecule has 20 heavy (non-hydrogen) atoms. The molecule has 4 nitrogen and oxygen atoms in total. The van der Waals surface area contributed by atoms with Crippen molar-refractivity contribution in [1.29, 1.82) is 0 Å². The third kappa shape index (κ3) is 3.83. The quantitative estimate of drug-likeness (QED) is 0.868. The highest BCUT2D eigenvalue weighted by molar-refractivity contribution is 5.87. The van der Waals surface area contributed by atoms with E-state index in [2.05, 4.69) is 12.2 Å². The van der Waals surface area contributed by atoms with Crippen molar-refractivity contribution >= 4 is 11.9 Å². The van der Waals surface area contributed by atoms with E-state index in [4.69, 9.17) is 5.11 Å². The maximum absolute atomic E-state index is 12.0. The van der Waals surface area contributed by atoms with Crippen LogP contribution < -0.4 is 5.32 Å². The Labute approximate surface area is 119 Å². The molecule has 1 aromatic carbocycles. The summed E-state index contributed by atoms with van der Waals surface area (Å²) >= 11 is 0. The first-order valence-corrected chi connectivity index (χ1v) is 7.18. The number of carboxylic acid groups (broad SMARTS) is 1. The lowest BCUT2D eigenvalue weighted by atomic mass is 9.99. The van der Waals surface area contributed by atoms with Gasteiger partial charge in [0.05, 0.1) is 12.0 Å². The lowest BCUT2D eigenvalue weighted by Crippen LogP contribution is -2.38. The Morgan fingerprint density at radius 2 is 1.85 bits per heavy atom. The van der Waals surface area contributed by atoms with Gasteiger partial charge in [0.1, 0.15) is 0 Å². The van der Waals surface area contributed by atoms with Crippen LogP contribution in [0, 0.1) is 5.92 Å². The number of aromatic carboxylic acids is 1. The molecule has 1 aliphatic rings. The molecular weight excluding hydrogens is 254 g/mol. The molecule has 1 atom stereocenters. The molecule has 0 heterocycles. The van der Waals surface area contributed by atoms with Crippen LogP contribution in [0.3, 0.4) is 0 Å². The first-order valence-electron chi connectivity index (χ1n) is 7.18. The lowest BCUT2D eigenvalue weighted by Gasteiger charge is -2.20. The number of hydrogen-bond acceptors (Lipinski definition) is 2. The molecule has 0 aliphatic heterocycles. The van der Waals surface area contributed by atoms with Gasteiger partial charge in [-0.3, -0.25) is 4.79 Å². The molecule has 0 radical (unpaired) electrons. The normalized spacial score (nSPS) is 16.9. The number of hydrogen-bond donors (Lipinski definition) is 2. The Balaban J connectivity index is 1.85. The lowest BCUT2D eigenvalue weighted by molar-refractivity contribution is -0.121. The molecule has 0 saturated heterocycles. The summed E-state index contributed by atoms with van der Waals surface area (Å²) in [5, 5.41) is 11.9. The van der Waals surface area contributed by atoms with Crippen LogP contribution >= 0.6 is 0 Å². The second-order valence-electron chi connectivity index (χ2n) is 5.58. The monoisotopic (exact) mass is 275 g/mol. The summed E-state index contributed by atoms with van der Waals surface area (Å²) in [4.78, 5) is 22.7. The van der Waals surface area contributed by atoms with Crippen LogP contribution in [0.15, 0.2) is 24.3 Å². The Bertz CT molecular complexity index is 475. The van der Waals surface area contributed by atoms with E-state index in [1.54, 1.807) is 12.1 Å². The van der Waals surface area contributed by atoms with Crippen molar-refractivity contribution in [2.24, 2.45) is 5.92 Å². The molecule has 0 bridgehead atoms. The number of amides is 1. The van der Waals surface area contributed by atoms with Gasteiger partial charge in [0.2, 0.25) is 5.91 Å². The molecule has 1 saturated carbocycles. The molecule has 4 heteroatoms. The van der Waals surface area contributed by atoms with Gasteiger partial charge in [-0.05, 0) is 43.4 Å². The number of benzene rings is 1. The summed E-state index contributed by atoms with van der Waals surface area (Å²) in [7, 11) is 0. The smallest absolute Gasteiger partial charge is 0.335 e. The largest absolute Gasteiger partial charge is 0.478 e. The van der Waals surface area contributed by atoms with Crippen molar-refractivity contribution in [2.75, 3.05) is 0 Å². The standard InChI is InChI=1S/C16H21NO3/c1-11(13-4-2-3-5-13)17-15(18)10-12-6-8-14(9-7-12)16(19)20/h6-9,11,13H,2-5,10H2,1H3,(H,17,18)(H,19,20). The Kier molecular flexibility index (Phi) is 4.77. The summed E-state index contributed by atoms with van der Waals surface area (Å²) in [6, 6.07) is 6.69. The van der Waals surface area contributed by atoms with Crippen LogP contribution in [0.2, 0.25) is 0 Å². The molecular formula is C16H21NO3. The van der Waals surface area contributed by atoms with Gasteiger partial charge < -0.3 is 10.4 Å². The van der Waals surface area contributed by atoms with E-state index in [9.17, 15) is 9.59 Å². The van der Waals surface area contributed by atoms with Crippen LogP contribution in [0.25, 0.3) is 0 Å². The second-order valence-corrected chi connectivity index (χ2v) is 5.58. The second kappa shape index (κ2) is 6.55. The van der Waals surface area contributed by atoms with Crippen molar-refractivity contribution in [2.45, 2.75) is 45.1 Å². The minimum atomic E-state index is -0.948. The van der Waals surface area contributed by atoms with Gasteiger partial charge in [-0.15, -0.1) is 0 Å². The Morgan fingerprint density at radius 1 is 1.25 bits per heavy atom. The zero-order valence-electron chi connectivity index (χ0n) is 11.8. The fourth-order valence-corrected chi connectivity index (χ4v) is 2.83. The highest BCUT2D eigenvalue weighted by atomic mass is 16.4. The average molecular weight is 275 g/mol. The van der Waals surface area contributed by atoms with Crippen LogP contribution in [-0.4, -0.2) is 23.0 Å². The summed E-state index contributed by atoms with van der Waals surface area (Å²) in [5.74, 6) is -0.336. The van der Waals surface area contributed by atoms with Crippen LogP contribution in [0.1, 0.15) is 48.5 Å². The van der Waals surface area contributed by atoms with Gasteiger partial charge in [-0.1, -0.05) is 25.0 Å². The summed E-state index contributed by atoms with van der Waals surface area (Å²) < 4.78 is 0. The molecule has 108 valence electrons. The minimum absolute atomic E-state index is 0.00692. The van der Waals surface area contributed by atoms with Crippen molar-refractivity contribution in [3.63, 3.8) is 0 Å². The van der Waals surface area contributed by atoms with E-state index < -0.39 is 5.97 Å². The number of nitrogens with one attached hydrogen (secondary N) is 1. The van der Waals surface area contributed by atoms with Gasteiger partial charge in [0.15, 0.2) is 0 Å². The predicted octanol–water partition coefficient (Wildman–Crippen LogP) is 2.62.